The second kappa shape index (κ2) is 15.0. The van der Waals surface area contributed by atoms with Crippen LogP contribution >= 0.6 is 0 Å². The number of hydrogen-bond donors (Lipinski definition) is 1. The van der Waals surface area contributed by atoms with Gasteiger partial charge in [0, 0.05) is 20.3 Å². The van der Waals surface area contributed by atoms with Crippen LogP contribution < -0.4 is 0 Å². The van der Waals surface area contributed by atoms with E-state index in [1.165, 1.54) is 13.8 Å². The molecule has 0 heterocycles. The van der Waals surface area contributed by atoms with Gasteiger partial charge in [0.15, 0.2) is 6.10 Å². The molecule has 144 valence electrons. The van der Waals surface area contributed by atoms with Gasteiger partial charge in [-0.25, -0.2) is 0 Å². The molecule has 0 amide bonds. The number of unbranched alkanes of at least 4 members (excludes halogenated alkanes) is 4. The molecule has 0 aromatic carbocycles. The lowest BCUT2D eigenvalue weighted by Gasteiger charge is -2.26. The molecule has 0 rings (SSSR count). The van der Waals surface area contributed by atoms with Crippen molar-refractivity contribution in [2.75, 3.05) is 0 Å². The summed E-state index contributed by atoms with van der Waals surface area (Å²) in [7, 11) is 0. The quantitative estimate of drug-likeness (QED) is 0.265. The molecule has 3 unspecified atom stereocenters. The molecule has 0 aromatic rings. The number of esters is 2. The highest BCUT2D eigenvalue weighted by molar-refractivity contribution is 5.67. The predicted molar refractivity (Wildman–Crippen MR) is 101 cm³/mol. The molecule has 0 spiro atoms. The van der Waals surface area contributed by atoms with Gasteiger partial charge < -0.3 is 14.6 Å². The fourth-order valence-corrected chi connectivity index (χ4v) is 2.22. The Balaban J connectivity index is 5.04. The Morgan fingerprint density at radius 2 is 1.81 bits per heavy atom. The summed E-state index contributed by atoms with van der Waals surface area (Å²) < 4.78 is 10.3. The van der Waals surface area contributed by atoms with Gasteiger partial charge in [-0.1, -0.05) is 25.3 Å². The Morgan fingerprint density at radius 3 is 2.38 bits per heavy atom. The summed E-state index contributed by atoms with van der Waals surface area (Å²) in [6.45, 7) is 8.20. The van der Waals surface area contributed by atoms with E-state index in [0.717, 1.165) is 38.5 Å². The zero-order valence-corrected chi connectivity index (χ0v) is 16.0. The molecule has 0 radical (unpaired) electrons. The van der Waals surface area contributed by atoms with Gasteiger partial charge >= 0.3 is 11.9 Å². The summed E-state index contributed by atoms with van der Waals surface area (Å²) in [5, 5.41) is 10.6. The number of aliphatic hydroxyl groups excluding tert-OH is 1. The Kier molecular flexibility index (Phi) is 13.8. The molecule has 0 saturated carbocycles. The minimum Gasteiger partial charge on any atom is -0.460 e. The van der Waals surface area contributed by atoms with E-state index < -0.39 is 30.3 Å². The Morgan fingerprint density at radius 1 is 1.12 bits per heavy atom. The third-order valence-electron chi connectivity index (χ3n) is 3.44. The fraction of sp³-hybridized carbons (Fsp3) is 0.619. The maximum atomic E-state index is 11.4. The largest absolute Gasteiger partial charge is 0.460 e. The summed E-state index contributed by atoms with van der Waals surface area (Å²) >= 11 is 0. The molecule has 0 saturated heterocycles. The molecule has 0 aliphatic rings. The molecule has 0 aromatic heterocycles. The third-order valence-corrected chi connectivity index (χ3v) is 3.44. The average Bonchev–Trinajstić information content (AvgIpc) is 2.58. The van der Waals surface area contributed by atoms with Gasteiger partial charge in [0.25, 0.3) is 0 Å². The molecule has 0 aliphatic carbocycles. The topological polar surface area (TPSA) is 72.8 Å². The van der Waals surface area contributed by atoms with Crippen LogP contribution in [-0.2, 0) is 19.1 Å². The van der Waals surface area contributed by atoms with Crippen LogP contribution in [0.5, 0.6) is 0 Å². The second-order valence-corrected chi connectivity index (χ2v) is 5.92. The molecule has 0 aliphatic heterocycles. The first-order valence-electron chi connectivity index (χ1n) is 9.04. The minimum absolute atomic E-state index is 0.457. The van der Waals surface area contributed by atoms with Crippen molar-refractivity contribution in [2.24, 2.45) is 0 Å². The molecule has 3 atom stereocenters. The van der Waals surface area contributed by atoms with E-state index in [1.807, 2.05) is 13.0 Å². The lowest BCUT2D eigenvalue weighted by Crippen LogP contribution is -2.41. The number of ether oxygens (including phenoxy) is 2. The Labute approximate surface area is 157 Å². The van der Waals surface area contributed by atoms with Crippen LogP contribution in [0, 0.1) is 23.7 Å². The number of hydrogen-bond acceptors (Lipinski definition) is 5. The molecular weight excluding hydrogens is 332 g/mol. The van der Waals surface area contributed by atoms with E-state index in [2.05, 4.69) is 30.3 Å². The lowest BCUT2D eigenvalue weighted by atomic mass is 10.0. The normalized spacial score (nSPS) is 13.1. The molecule has 5 nitrogen and oxygen atoms in total. The lowest BCUT2D eigenvalue weighted by molar-refractivity contribution is -0.163. The number of rotatable bonds is 11. The standard InChI is InChI=1S/C21H30O5/c1-5-7-9-11-13-15-19(25-17(3)22)21(24)20(26-18(4)23)16-14-12-10-8-6-2/h5,19-21,24H,1,6-9,11,13,15H2,2-4H3. The van der Waals surface area contributed by atoms with Gasteiger partial charge in [-0.05, 0) is 49.9 Å². The average molecular weight is 362 g/mol. The SMILES string of the molecule is C=CCCCCCC(OC(C)=O)C(O)C(C#CC#CCCC)OC(C)=O. The van der Waals surface area contributed by atoms with Crippen LogP contribution in [0.1, 0.15) is 65.7 Å². The van der Waals surface area contributed by atoms with E-state index in [0.29, 0.717) is 6.42 Å². The molecule has 5 heteroatoms. The predicted octanol–water partition coefficient (Wildman–Crippen LogP) is 3.15. The molecule has 0 fully saturated rings. The van der Waals surface area contributed by atoms with Crippen molar-refractivity contribution < 1.29 is 24.2 Å². The van der Waals surface area contributed by atoms with Crippen LogP contribution in [0.25, 0.3) is 0 Å². The first-order valence-corrected chi connectivity index (χ1v) is 9.04. The summed E-state index contributed by atoms with van der Waals surface area (Å²) in [6, 6.07) is 0. The highest BCUT2D eigenvalue weighted by Gasteiger charge is 2.31. The first-order chi connectivity index (χ1) is 12.4. The summed E-state index contributed by atoms with van der Waals surface area (Å²) in [5.41, 5.74) is 0. The zero-order chi connectivity index (χ0) is 19.8. The van der Waals surface area contributed by atoms with Crippen molar-refractivity contribution in [3.05, 3.63) is 12.7 Å². The first kappa shape index (κ1) is 23.8. The maximum Gasteiger partial charge on any atom is 0.303 e. The van der Waals surface area contributed by atoms with Gasteiger partial charge in [0.2, 0.25) is 0 Å². The van der Waals surface area contributed by atoms with E-state index in [-0.39, 0.29) is 0 Å². The van der Waals surface area contributed by atoms with Gasteiger partial charge in [0.05, 0.1) is 0 Å². The van der Waals surface area contributed by atoms with Crippen LogP contribution in [0.3, 0.4) is 0 Å². The highest BCUT2D eigenvalue weighted by atomic mass is 16.6. The molecule has 26 heavy (non-hydrogen) atoms. The van der Waals surface area contributed by atoms with Crippen LogP contribution in [0.15, 0.2) is 12.7 Å². The molecule has 1 N–H and O–H groups in total. The Hall–Kier alpha value is -2.24. The monoisotopic (exact) mass is 362 g/mol. The second-order valence-electron chi connectivity index (χ2n) is 5.92. The smallest absolute Gasteiger partial charge is 0.303 e. The van der Waals surface area contributed by atoms with Gasteiger partial charge in [-0.2, -0.15) is 0 Å². The van der Waals surface area contributed by atoms with Crippen molar-refractivity contribution in [3.63, 3.8) is 0 Å². The van der Waals surface area contributed by atoms with Crippen molar-refractivity contribution in [1.82, 2.24) is 0 Å². The van der Waals surface area contributed by atoms with E-state index >= 15 is 0 Å². The van der Waals surface area contributed by atoms with Crippen molar-refractivity contribution in [1.29, 1.82) is 0 Å². The van der Waals surface area contributed by atoms with Crippen molar-refractivity contribution >= 4 is 11.9 Å². The number of carbonyl (C=O) groups excluding carboxylic acids is 2. The molecule has 0 bridgehead atoms. The zero-order valence-electron chi connectivity index (χ0n) is 16.0. The number of carbonyl (C=O) groups is 2. The van der Waals surface area contributed by atoms with Crippen LogP contribution in [0.2, 0.25) is 0 Å². The summed E-state index contributed by atoms with van der Waals surface area (Å²) in [4.78, 5) is 22.7. The van der Waals surface area contributed by atoms with Crippen molar-refractivity contribution in [3.8, 4) is 23.7 Å². The van der Waals surface area contributed by atoms with Crippen molar-refractivity contribution in [2.45, 2.75) is 84.0 Å². The Bertz CT molecular complexity index is 558. The summed E-state index contributed by atoms with van der Waals surface area (Å²) in [6.07, 6.45) is 4.40. The van der Waals surface area contributed by atoms with Gasteiger partial charge in [-0.3, -0.25) is 9.59 Å². The van der Waals surface area contributed by atoms with Crippen LogP contribution in [-0.4, -0.2) is 35.4 Å². The van der Waals surface area contributed by atoms with Gasteiger partial charge in [-0.15, -0.1) is 6.58 Å². The maximum absolute atomic E-state index is 11.4. The third kappa shape index (κ3) is 12.2. The number of aliphatic hydroxyl groups is 1. The summed E-state index contributed by atoms with van der Waals surface area (Å²) in [5.74, 6) is 9.70. The molecular formula is C21H30O5. The van der Waals surface area contributed by atoms with Gasteiger partial charge in [0.1, 0.15) is 12.2 Å². The fourth-order valence-electron chi connectivity index (χ4n) is 2.22. The van der Waals surface area contributed by atoms with E-state index in [1.54, 1.807) is 0 Å². The van der Waals surface area contributed by atoms with E-state index in [4.69, 9.17) is 9.47 Å². The van der Waals surface area contributed by atoms with Crippen LogP contribution in [0.4, 0.5) is 0 Å². The minimum atomic E-state index is -1.23. The van der Waals surface area contributed by atoms with E-state index in [9.17, 15) is 14.7 Å². The highest BCUT2D eigenvalue weighted by Crippen LogP contribution is 2.16. The number of allylic oxidation sites excluding steroid dienone is 1.